The molecule has 0 saturated carbocycles. The third-order valence-corrected chi connectivity index (χ3v) is 3.17. The van der Waals surface area contributed by atoms with Gasteiger partial charge in [-0.15, -0.1) is 0 Å². The number of para-hydroxylation sites is 1. The van der Waals surface area contributed by atoms with Crippen molar-refractivity contribution >= 4 is 33.0 Å². The molecular weight excluding hydrogens is 311 g/mol. The van der Waals surface area contributed by atoms with Gasteiger partial charge in [0, 0.05) is 5.69 Å². The highest BCUT2D eigenvalue weighted by Gasteiger charge is 2.07. The molecule has 19 heavy (non-hydrogen) atoms. The fourth-order valence-electron chi connectivity index (χ4n) is 1.66. The van der Waals surface area contributed by atoms with Crippen molar-refractivity contribution in [2.24, 2.45) is 0 Å². The van der Waals surface area contributed by atoms with E-state index in [0.29, 0.717) is 22.5 Å². The number of hydrogen-bond donors (Lipinski definition) is 2. The zero-order chi connectivity index (χ0) is 13.8. The molecule has 0 amide bonds. The van der Waals surface area contributed by atoms with E-state index in [1.807, 2.05) is 25.1 Å². The van der Waals surface area contributed by atoms with Gasteiger partial charge in [-0.3, -0.25) is 0 Å². The number of benzene rings is 2. The average molecular weight is 325 g/mol. The van der Waals surface area contributed by atoms with E-state index in [2.05, 4.69) is 21.2 Å². The predicted molar refractivity (Wildman–Crippen MR) is 79.4 cm³/mol. The summed E-state index contributed by atoms with van der Waals surface area (Å²) in [4.78, 5) is 0. The molecule has 0 radical (unpaired) electrons. The summed E-state index contributed by atoms with van der Waals surface area (Å²) < 4.78 is 19.0. The van der Waals surface area contributed by atoms with Gasteiger partial charge in [0.25, 0.3) is 0 Å². The Bertz CT molecular complexity index is 590. The van der Waals surface area contributed by atoms with Crippen molar-refractivity contribution in [3.05, 3.63) is 46.7 Å². The third-order valence-electron chi connectivity index (χ3n) is 2.56. The summed E-state index contributed by atoms with van der Waals surface area (Å²) in [6.07, 6.45) is 0. The van der Waals surface area contributed by atoms with Gasteiger partial charge in [0.05, 0.1) is 22.5 Å². The largest absolute Gasteiger partial charge is 0.492 e. The summed E-state index contributed by atoms with van der Waals surface area (Å²) in [5.74, 6) is 0.329. The van der Waals surface area contributed by atoms with E-state index < -0.39 is 0 Å². The van der Waals surface area contributed by atoms with Crippen molar-refractivity contribution in [1.29, 1.82) is 0 Å². The van der Waals surface area contributed by atoms with Crippen LogP contribution in [0.1, 0.15) is 6.92 Å². The first-order valence-electron chi connectivity index (χ1n) is 5.85. The molecule has 0 heterocycles. The van der Waals surface area contributed by atoms with Gasteiger partial charge < -0.3 is 15.8 Å². The molecule has 0 fully saturated rings. The van der Waals surface area contributed by atoms with Crippen molar-refractivity contribution < 1.29 is 9.13 Å². The second-order valence-electron chi connectivity index (χ2n) is 3.90. The van der Waals surface area contributed by atoms with Gasteiger partial charge >= 0.3 is 0 Å². The number of nitrogen functional groups attached to an aromatic ring is 1. The van der Waals surface area contributed by atoms with E-state index in [9.17, 15) is 4.39 Å². The molecule has 100 valence electrons. The zero-order valence-electron chi connectivity index (χ0n) is 10.4. The van der Waals surface area contributed by atoms with Gasteiger partial charge in [0.2, 0.25) is 0 Å². The predicted octanol–water partition coefficient (Wildman–Crippen LogP) is 4.31. The lowest BCUT2D eigenvalue weighted by molar-refractivity contribution is 0.342. The van der Waals surface area contributed by atoms with E-state index in [4.69, 9.17) is 10.5 Å². The molecule has 2 aromatic carbocycles. The Hall–Kier alpha value is -1.75. The molecule has 2 aromatic rings. The van der Waals surface area contributed by atoms with Crippen LogP contribution >= 0.6 is 15.9 Å². The first-order chi connectivity index (χ1) is 9.11. The normalized spacial score (nSPS) is 10.3. The van der Waals surface area contributed by atoms with Crippen LogP contribution in [0.2, 0.25) is 0 Å². The zero-order valence-corrected chi connectivity index (χ0v) is 12.0. The first-order valence-corrected chi connectivity index (χ1v) is 6.64. The lowest BCUT2D eigenvalue weighted by Crippen LogP contribution is -2.01. The standard InChI is InChI=1S/C14H14BrFN2O/c1-2-19-13-5-3-4-12(14(13)17)18-9-6-7-11(16)10(15)8-9/h3-8,18H,2,17H2,1H3. The van der Waals surface area contributed by atoms with Crippen LogP contribution in [0, 0.1) is 5.82 Å². The molecule has 0 aliphatic heterocycles. The number of halogens is 2. The molecule has 0 atom stereocenters. The molecule has 0 aliphatic carbocycles. The average Bonchev–Trinajstić information content (AvgIpc) is 2.39. The number of rotatable bonds is 4. The van der Waals surface area contributed by atoms with Crippen LogP contribution in [0.4, 0.5) is 21.5 Å². The smallest absolute Gasteiger partial charge is 0.144 e. The van der Waals surface area contributed by atoms with Gasteiger partial charge in [0.1, 0.15) is 11.6 Å². The third kappa shape index (κ3) is 3.17. The Labute approximate surface area is 119 Å². The number of nitrogens with one attached hydrogen (secondary N) is 1. The highest BCUT2D eigenvalue weighted by Crippen LogP contribution is 2.32. The molecule has 0 bridgehead atoms. The highest BCUT2D eigenvalue weighted by molar-refractivity contribution is 9.10. The van der Waals surface area contributed by atoms with E-state index in [1.165, 1.54) is 6.07 Å². The summed E-state index contributed by atoms with van der Waals surface area (Å²) in [5.41, 5.74) is 8.01. The van der Waals surface area contributed by atoms with Crippen molar-refractivity contribution in [1.82, 2.24) is 0 Å². The Kier molecular flexibility index (Phi) is 4.27. The van der Waals surface area contributed by atoms with Gasteiger partial charge in [-0.25, -0.2) is 4.39 Å². The lowest BCUT2D eigenvalue weighted by atomic mass is 10.2. The molecule has 0 unspecified atom stereocenters. The van der Waals surface area contributed by atoms with Crippen LogP contribution in [0.3, 0.4) is 0 Å². The summed E-state index contributed by atoms with van der Waals surface area (Å²) in [6.45, 7) is 2.45. The molecule has 2 rings (SSSR count). The molecular formula is C14H14BrFN2O. The Morgan fingerprint density at radius 3 is 2.79 bits per heavy atom. The van der Waals surface area contributed by atoms with Crippen LogP contribution < -0.4 is 15.8 Å². The molecule has 5 heteroatoms. The van der Waals surface area contributed by atoms with Gasteiger partial charge in [-0.05, 0) is 53.2 Å². The van der Waals surface area contributed by atoms with Crippen LogP contribution in [-0.2, 0) is 0 Å². The lowest BCUT2D eigenvalue weighted by Gasteiger charge is -2.13. The first kappa shape index (κ1) is 13.7. The minimum atomic E-state index is -0.304. The molecule has 0 saturated heterocycles. The van der Waals surface area contributed by atoms with Crippen LogP contribution in [0.25, 0.3) is 0 Å². The maximum atomic E-state index is 13.2. The Morgan fingerprint density at radius 1 is 1.32 bits per heavy atom. The Balaban J connectivity index is 2.27. The van der Waals surface area contributed by atoms with Crippen LogP contribution in [-0.4, -0.2) is 6.61 Å². The summed E-state index contributed by atoms with van der Waals surface area (Å²) >= 11 is 3.15. The van der Waals surface area contributed by atoms with E-state index in [0.717, 1.165) is 11.4 Å². The van der Waals surface area contributed by atoms with E-state index in [-0.39, 0.29) is 5.82 Å². The number of anilines is 3. The second kappa shape index (κ2) is 5.93. The SMILES string of the molecule is CCOc1cccc(Nc2ccc(F)c(Br)c2)c1N. The van der Waals surface area contributed by atoms with E-state index in [1.54, 1.807) is 12.1 Å². The summed E-state index contributed by atoms with van der Waals surface area (Å²) in [5, 5.41) is 3.14. The minimum Gasteiger partial charge on any atom is -0.492 e. The fourth-order valence-corrected chi connectivity index (χ4v) is 2.04. The molecule has 0 aliphatic rings. The number of nitrogens with two attached hydrogens (primary N) is 1. The van der Waals surface area contributed by atoms with Crippen molar-refractivity contribution in [3.8, 4) is 5.75 Å². The van der Waals surface area contributed by atoms with Gasteiger partial charge in [-0.1, -0.05) is 6.07 Å². The van der Waals surface area contributed by atoms with E-state index >= 15 is 0 Å². The monoisotopic (exact) mass is 324 g/mol. The summed E-state index contributed by atoms with van der Waals surface area (Å²) in [7, 11) is 0. The maximum Gasteiger partial charge on any atom is 0.144 e. The number of hydrogen-bond acceptors (Lipinski definition) is 3. The van der Waals surface area contributed by atoms with Crippen molar-refractivity contribution in [2.45, 2.75) is 6.92 Å². The fraction of sp³-hybridized carbons (Fsp3) is 0.143. The highest BCUT2D eigenvalue weighted by atomic mass is 79.9. The maximum absolute atomic E-state index is 13.2. The minimum absolute atomic E-state index is 0.304. The molecule has 0 aromatic heterocycles. The molecule has 0 spiro atoms. The molecule has 3 N–H and O–H groups in total. The van der Waals surface area contributed by atoms with Crippen LogP contribution in [0.15, 0.2) is 40.9 Å². The van der Waals surface area contributed by atoms with Crippen molar-refractivity contribution in [2.75, 3.05) is 17.7 Å². The Morgan fingerprint density at radius 2 is 2.11 bits per heavy atom. The van der Waals surface area contributed by atoms with Gasteiger partial charge in [0.15, 0.2) is 0 Å². The molecule has 3 nitrogen and oxygen atoms in total. The number of ether oxygens (including phenoxy) is 1. The quantitative estimate of drug-likeness (QED) is 0.824. The van der Waals surface area contributed by atoms with Crippen molar-refractivity contribution in [3.63, 3.8) is 0 Å². The summed E-state index contributed by atoms with van der Waals surface area (Å²) in [6, 6.07) is 10.2. The topological polar surface area (TPSA) is 47.3 Å². The van der Waals surface area contributed by atoms with Crippen LogP contribution in [0.5, 0.6) is 5.75 Å². The second-order valence-corrected chi connectivity index (χ2v) is 4.76. The van der Waals surface area contributed by atoms with Gasteiger partial charge in [-0.2, -0.15) is 0 Å².